The Morgan fingerprint density at radius 2 is 1.67 bits per heavy atom. The van der Waals surface area contributed by atoms with Crippen LogP contribution in [0.5, 0.6) is 5.75 Å². The van der Waals surface area contributed by atoms with Gasteiger partial charge in [0.15, 0.2) is 5.72 Å². The van der Waals surface area contributed by atoms with Gasteiger partial charge in [0.2, 0.25) is 29.5 Å². The summed E-state index contributed by atoms with van der Waals surface area (Å²) < 4.78 is 29.3. The minimum Gasteiger partial charge on any atom is -0.495 e. The minimum absolute atomic E-state index is 0.0748. The van der Waals surface area contributed by atoms with E-state index in [4.69, 9.17) is 41.0 Å². The number of epoxide rings is 1. The van der Waals surface area contributed by atoms with Crippen LogP contribution in [-0.4, -0.2) is 140 Å². The Bertz CT molecular complexity index is 2690. The van der Waals surface area contributed by atoms with Gasteiger partial charge in [0, 0.05) is 68.3 Å². The quantitative estimate of drug-likeness (QED) is 0.0282. The number of allylic oxidation sites excluding steroid dienone is 3. The van der Waals surface area contributed by atoms with E-state index in [2.05, 4.69) is 59.7 Å². The summed E-state index contributed by atoms with van der Waals surface area (Å²) in [7, 11) is 4.41. The Labute approximate surface area is 485 Å². The van der Waals surface area contributed by atoms with Crippen molar-refractivity contribution in [3.63, 3.8) is 0 Å². The number of nitrogens with two attached hydrogens (primary N) is 1. The smallest absolute Gasteiger partial charge is 0.412 e. The highest BCUT2D eigenvalue weighted by molar-refractivity contribution is 9.09. The molecule has 3 heterocycles. The van der Waals surface area contributed by atoms with Crippen molar-refractivity contribution in [2.75, 3.05) is 55.2 Å². The van der Waals surface area contributed by atoms with E-state index in [0.29, 0.717) is 54.6 Å². The van der Waals surface area contributed by atoms with Gasteiger partial charge in [-0.3, -0.25) is 34.6 Å². The van der Waals surface area contributed by atoms with Crippen molar-refractivity contribution < 1.29 is 67.1 Å². The maximum absolute atomic E-state index is 14.4. The molecule has 10 N–H and O–H groups in total. The van der Waals surface area contributed by atoms with Crippen LogP contribution >= 0.6 is 27.5 Å². The van der Waals surface area contributed by atoms with Crippen LogP contribution < -0.4 is 52.6 Å². The lowest BCUT2D eigenvalue weighted by molar-refractivity contribution is -0.142. The van der Waals surface area contributed by atoms with E-state index in [0.717, 1.165) is 11.1 Å². The number of fused-ring (bicyclic) bond motifs is 5. The number of halogens is 2. The number of nitrogens with zero attached hydrogens (tertiary/aromatic N) is 1. The molecule has 2 aromatic rings. The molecule has 25 heteroatoms. The van der Waals surface area contributed by atoms with E-state index in [1.54, 1.807) is 52.0 Å². The van der Waals surface area contributed by atoms with Gasteiger partial charge in [-0.15, -0.1) is 0 Å². The summed E-state index contributed by atoms with van der Waals surface area (Å²) in [5.74, 6) is -2.97. The lowest BCUT2D eigenvalue weighted by Gasteiger charge is -2.42. The number of methoxy groups -OCH3 is 2. The number of hydrogen-bond donors (Lipinski definition) is 9. The van der Waals surface area contributed by atoms with Gasteiger partial charge in [-0.25, -0.2) is 14.4 Å². The Hall–Kier alpha value is -6.73. The van der Waals surface area contributed by atoms with Gasteiger partial charge in [0.1, 0.15) is 46.8 Å². The number of carbonyl (C=O) groups excluding carboxylic acids is 8. The molecule has 9 amide bonds. The fraction of sp³-hybridized carbons (Fsp3) is 0.536. The van der Waals surface area contributed by atoms with Gasteiger partial charge in [-0.05, 0) is 93.8 Å². The number of alkyl halides is 1. The minimum atomic E-state index is -1.89. The Balaban J connectivity index is 1.30. The number of nitrogens with one attached hydrogen (secondary N) is 7. The number of rotatable bonds is 22. The number of anilines is 3. The van der Waals surface area contributed by atoms with Crippen molar-refractivity contribution in [3.05, 3.63) is 82.9 Å². The molecule has 2 saturated heterocycles. The molecular weight excluding hydrogens is 1140 g/mol. The molecule has 81 heavy (non-hydrogen) atoms. The molecule has 3 aliphatic rings. The number of amides is 9. The maximum Gasteiger partial charge on any atom is 0.412 e. The fourth-order valence-corrected chi connectivity index (χ4v) is 10.1. The summed E-state index contributed by atoms with van der Waals surface area (Å²) in [5, 5.41) is 31.1. The predicted octanol–water partition coefficient (Wildman–Crippen LogP) is 6.01. The van der Waals surface area contributed by atoms with Crippen molar-refractivity contribution in [1.29, 1.82) is 0 Å². The topological polar surface area (TPSA) is 320 Å². The molecule has 0 radical (unpaired) electrons. The number of unbranched alkanes of at least 4 members (excludes halogenated alkanes) is 2. The zero-order valence-corrected chi connectivity index (χ0v) is 49.4. The molecule has 2 fully saturated rings. The molecule has 9 atom stereocenters. The molecule has 4 bridgehead atoms. The van der Waals surface area contributed by atoms with Crippen LogP contribution in [0.15, 0.2) is 72.4 Å². The zero-order valence-electron chi connectivity index (χ0n) is 47.0. The number of benzene rings is 2. The third-order valence-electron chi connectivity index (χ3n) is 14.3. The first-order valence-corrected chi connectivity index (χ1v) is 28.2. The van der Waals surface area contributed by atoms with E-state index in [9.17, 15) is 43.5 Å². The first-order valence-electron chi connectivity index (χ1n) is 26.7. The number of aliphatic hydroxyl groups is 1. The van der Waals surface area contributed by atoms with E-state index >= 15 is 0 Å². The zero-order chi connectivity index (χ0) is 59.8. The monoisotopic (exact) mass is 1210 g/mol. The lowest BCUT2D eigenvalue weighted by atomic mass is 9.83. The maximum atomic E-state index is 14.4. The van der Waals surface area contributed by atoms with Gasteiger partial charge >= 0.3 is 18.2 Å². The molecule has 0 unspecified atom stereocenters. The summed E-state index contributed by atoms with van der Waals surface area (Å²) in [6.07, 6.45) is 1.56. The van der Waals surface area contributed by atoms with Crippen LogP contribution in [0.4, 0.5) is 31.4 Å². The van der Waals surface area contributed by atoms with Crippen molar-refractivity contribution in [2.24, 2.45) is 17.6 Å². The van der Waals surface area contributed by atoms with Crippen molar-refractivity contribution in [3.8, 4) is 5.75 Å². The van der Waals surface area contributed by atoms with E-state index in [1.165, 1.54) is 50.4 Å². The SMILES string of the molecule is C=C(CBr)C(=O)NCCCCCC(=O)N[C@H](C(=O)N[C@@H](CCCNC(N)=O)C(=O)Nc1ccc(NC(=O)O[C@H]2CC(=O)N(C)c3cc(cc(OC)c3Cl)C/C(C)=C/C=C/[C@@H](OC)[C@@]3(O)C[C@H](OC(=O)N3)[C@@H](C)[C@@H]3O[C@@]23C)cc1)C(C)C. The molecule has 3 aliphatic heterocycles. The van der Waals surface area contributed by atoms with Gasteiger partial charge in [-0.1, -0.05) is 85.1 Å². The van der Waals surface area contributed by atoms with Crippen molar-refractivity contribution >= 4 is 92.3 Å². The Morgan fingerprint density at radius 1 is 0.988 bits per heavy atom. The van der Waals surface area contributed by atoms with Crippen molar-refractivity contribution in [1.82, 2.24) is 26.6 Å². The molecule has 0 spiro atoms. The van der Waals surface area contributed by atoms with Crippen LogP contribution in [0.1, 0.15) is 91.5 Å². The van der Waals surface area contributed by atoms with Gasteiger partial charge in [0.25, 0.3) is 0 Å². The van der Waals surface area contributed by atoms with Gasteiger partial charge in [-0.2, -0.15) is 0 Å². The second-order valence-electron chi connectivity index (χ2n) is 21.0. The first kappa shape index (κ1) is 65.1. The second-order valence-corrected chi connectivity index (χ2v) is 21.9. The van der Waals surface area contributed by atoms with Crippen LogP contribution in [-0.2, 0) is 49.3 Å². The fourth-order valence-electron chi connectivity index (χ4n) is 9.55. The highest BCUT2D eigenvalue weighted by Gasteiger charge is 2.64. The molecular formula is C56H77BrClN9O14. The van der Waals surface area contributed by atoms with Gasteiger partial charge < -0.3 is 66.0 Å². The second kappa shape index (κ2) is 29.8. The summed E-state index contributed by atoms with van der Waals surface area (Å²) in [5.41, 5.74) is 4.93. The average Bonchev–Trinajstić information content (AvgIpc) is 3.61. The number of hydrogen-bond acceptors (Lipinski definition) is 14. The lowest BCUT2D eigenvalue weighted by Crippen LogP contribution is -2.63. The molecule has 0 saturated carbocycles. The number of alkyl carbamates (subject to hydrolysis) is 1. The highest BCUT2D eigenvalue weighted by Crippen LogP contribution is 2.49. The summed E-state index contributed by atoms with van der Waals surface area (Å²) in [6.45, 7) is 13.1. The Kier molecular flexibility index (Phi) is 24.0. The third kappa shape index (κ3) is 18.4. The molecule has 0 aromatic heterocycles. The summed E-state index contributed by atoms with van der Waals surface area (Å²) in [6, 6.07) is 6.62. The van der Waals surface area contributed by atoms with Crippen molar-refractivity contribution in [2.45, 2.75) is 140 Å². The predicted molar refractivity (Wildman–Crippen MR) is 308 cm³/mol. The summed E-state index contributed by atoms with van der Waals surface area (Å²) >= 11 is 10.0. The van der Waals surface area contributed by atoms with Gasteiger partial charge in [0.05, 0.1) is 25.3 Å². The Morgan fingerprint density at radius 3 is 2.31 bits per heavy atom. The number of carbonyl (C=O) groups is 8. The standard InChI is InChI=1S/C56H77BrClN9O14/c1-31(2)47(65-44(68)18-11-10-12-23-60-49(70)33(4)30-57)51(72)64-38(16-14-24-61-52(59)73)50(71)62-36-19-21-37(22-20-36)63-53(74)80-43-28-45(69)67(7)39-26-35(27-40(77-8)46(39)58)25-32(3)15-13-17-42(78-9)56(76)29-41(79-54(75)66-56)34(5)48-55(43,6)81-48/h13,15,17,19-22,26-27,31,34,38,41-43,47-48,76H,4,10-12,14,16,18,23-25,28-30H2,1-3,5-9H3,(H,60,70)(H,62,71)(H,63,74)(H,64,72)(H,65,68)(H,66,75)(H3,59,61,73)/b17-13+,32-15+/t34-,38+,41+,42-,43+,47+,48+,55+,56+/m1/s1. The van der Waals surface area contributed by atoms with Crippen LogP contribution in [0.25, 0.3) is 0 Å². The van der Waals surface area contributed by atoms with E-state index in [-0.39, 0.29) is 66.4 Å². The number of primary amides is 1. The molecule has 23 nitrogen and oxygen atoms in total. The van der Waals surface area contributed by atoms with Crippen LogP contribution in [0.2, 0.25) is 5.02 Å². The molecule has 2 aromatic carbocycles. The van der Waals surface area contributed by atoms with Crippen LogP contribution in [0, 0.1) is 11.8 Å². The number of ether oxygens (including phenoxy) is 5. The molecule has 444 valence electrons. The van der Waals surface area contributed by atoms with E-state index < -0.39 is 96.1 Å². The summed E-state index contributed by atoms with van der Waals surface area (Å²) in [4.78, 5) is 107. The molecule has 5 rings (SSSR count). The highest BCUT2D eigenvalue weighted by atomic mass is 79.9. The molecule has 0 aliphatic carbocycles. The van der Waals surface area contributed by atoms with Crippen LogP contribution in [0.3, 0.4) is 0 Å². The first-order chi connectivity index (χ1) is 38.3. The largest absolute Gasteiger partial charge is 0.495 e. The average molecular weight is 1220 g/mol. The van der Waals surface area contributed by atoms with E-state index in [1.807, 2.05) is 13.0 Å². The third-order valence-corrected chi connectivity index (χ3v) is 15.4. The number of urea groups is 1. The normalized spacial score (nSPS) is 24.5.